The Bertz CT molecular complexity index is 708. The average Bonchev–Trinajstić information content (AvgIpc) is 3.44. The van der Waals surface area contributed by atoms with E-state index in [1.165, 1.54) is 19.3 Å². The molecule has 0 aromatic carbocycles. The first kappa shape index (κ1) is 20.8. The molecule has 2 saturated heterocycles. The fourth-order valence-electron chi connectivity index (χ4n) is 5.14. The van der Waals surface area contributed by atoms with Crippen LogP contribution in [0.1, 0.15) is 79.2 Å². The predicted octanol–water partition coefficient (Wildman–Crippen LogP) is 3.68. The Labute approximate surface area is 177 Å². The third-order valence-electron chi connectivity index (χ3n) is 6.85. The standard InChI is InChI=1S/C22H33N3O3S/c1-28-14-18-8-5-11-25(18)22(27)19-15-29-20(23-19)16-9-12-24(13-10-16)21(26)17-6-3-2-4-7-17/h15-18H,2-14H2,1H3. The van der Waals surface area contributed by atoms with E-state index in [0.717, 1.165) is 63.2 Å². The first-order chi connectivity index (χ1) is 14.2. The minimum atomic E-state index is 0.0389. The van der Waals surface area contributed by atoms with Gasteiger partial charge in [-0.3, -0.25) is 9.59 Å². The molecule has 3 fully saturated rings. The number of aromatic nitrogens is 1. The largest absolute Gasteiger partial charge is 0.383 e. The summed E-state index contributed by atoms with van der Waals surface area (Å²) in [6.07, 6.45) is 9.75. The van der Waals surface area contributed by atoms with Gasteiger partial charge < -0.3 is 14.5 Å². The van der Waals surface area contributed by atoms with Crippen molar-refractivity contribution in [3.63, 3.8) is 0 Å². The van der Waals surface area contributed by atoms with Gasteiger partial charge >= 0.3 is 0 Å². The highest BCUT2D eigenvalue weighted by atomic mass is 32.1. The van der Waals surface area contributed by atoms with Crippen molar-refractivity contribution in [1.82, 2.24) is 14.8 Å². The molecular weight excluding hydrogens is 386 g/mol. The number of piperidine rings is 1. The Hall–Kier alpha value is -1.47. The number of rotatable bonds is 5. The molecule has 0 radical (unpaired) electrons. The molecule has 7 heteroatoms. The topological polar surface area (TPSA) is 62.7 Å². The second-order valence-corrected chi connectivity index (χ2v) is 9.65. The van der Waals surface area contributed by atoms with Gasteiger partial charge in [-0.05, 0) is 38.5 Å². The van der Waals surface area contributed by atoms with Gasteiger partial charge in [0.1, 0.15) is 5.69 Å². The molecule has 3 heterocycles. The molecule has 1 atom stereocenters. The lowest BCUT2D eigenvalue weighted by atomic mass is 9.87. The molecule has 3 aliphatic rings. The highest BCUT2D eigenvalue weighted by Crippen LogP contribution is 2.33. The van der Waals surface area contributed by atoms with E-state index < -0.39 is 0 Å². The van der Waals surface area contributed by atoms with Crippen LogP contribution in [0.2, 0.25) is 0 Å². The van der Waals surface area contributed by atoms with E-state index in [1.54, 1.807) is 18.4 Å². The second kappa shape index (κ2) is 9.56. The molecular formula is C22H33N3O3S. The van der Waals surface area contributed by atoms with Gasteiger partial charge in [0.25, 0.3) is 5.91 Å². The molecule has 0 bridgehead atoms. The summed E-state index contributed by atoms with van der Waals surface area (Å²) in [4.78, 5) is 34.4. The number of amides is 2. The number of methoxy groups -OCH3 is 1. The van der Waals surface area contributed by atoms with Crippen molar-refractivity contribution in [3.8, 4) is 0 Å². The Morgan fingerprint density at radius 2 is 1.83 bits per heavy atom. The van der Waals surface area contributed by atoms with Gasteiger partial charge in [-0.15, -0.1) is 11.3 Å². The Morgan fingerprint density at radius 3 is 2.55 bits per heavy atom. The van der Waals surface area contributed by atoms with Crippen molar-refractivity contribution < 1.29 is 14.3 Å². The highest BCUT2D eigenvalue weighted by Gasteiger charge is 2.33. The van der Waals surface area contributed by atoms with Gasteiger partial charge in [0.15, 0.2) is 0 Å². The van der Waals surface area contributed by atoms with E-state index >= 15 is 0 Å². The van der Waals surface area contributed by atoms with Crippen LogP contribution in [0.25, 0.3) is 0 Å². The summed E-state index contributed by atoms with van der Waals surface area (Å²) < 4.78 is 5.27. The number of hydrogen-bond acceptors (Lipinski definition) is 5. The van der Waals surface area contributed by atoms with E-state index in [1.807, 2.05) is 10.3 Å². The zero-order chi connectivity index (χ0) is 20.2. The zero-order valence-corrected chi connectivity index (χ0v) is 18.3. The third-order valence-corrected chi connectivity index (χ3v) is 7.86. The van der Waals surface area contributed by atoms with Gasteiger partial charge in [0.05, 0.1) is 17.7 Å². The quantitative estimate of drug-likeness (QED) is 0.730. The molecule has 1 aliphatic carbocycles. The van der Waals surface area contributed by atoms with Crippen molar-refractivity contribution in [1.29, 1.82) is 0 Å². The fourth-order valence-corrected chi connectivity index (χ4v) is 6.11. The minimum absolute atomic E-state index is 0.0389. The van der Waals surface area contributed by atoms with Crippen LogP contribution in [-0.4, -0.2) is 66.0 Å². The van der Waals surface area contributed by atoms with Gasteiger partial charge in [-0.25, -0.2) is 4.98 Å². The predicted molar refractivity (Wildman–Crippen MR) is 113 cm³/mol. The fraction of sp³-hybridized carbons (Fsp3) is 0.773. The Morgan fingerprint density at radius 1 is 1.07 bits per heavy atom. The van der Waals surface area contributed by atoms with Crippen LogP contribution in [0, 0.1) is 5.92 Å². The monoisotopic (exact) mass is 419 g/mol. The van der Waals surface area contributed by atoms with Gasteiger partial charge in [0, 0.05) is 44.0 Å². The van der Waals surface area contributed by atoms with Gasteiger partial charge in [0.2, 0.25) is 5.91 Å². The van der Waals surface area contributed by atoms with Gasteiger partial charge in [-0.1, -0.05) is 19.3 Å². The smallest absolute Gasteiger partial charge is 0.273 e. The third kappa shape index (κ3) is 4.66. The van der Waals surface area contributed by atoms with Crippen molar-refractivity contribution in [2.24, 2.45) is 5.92 Å². The van der Waals surface area contributed by atoms with Crippen molar-refractivity contribution >= 4 is 23.2 Å². The van der Waals surface area contributed by atoms with Crippen LogP contribution in [0.3, 0.4) is 0 Å². The van der Waals surface area contributed by atoms with Crippen LogP contribution in [-0.2, 0) is 9.53 Å². The molecule has 29 heavy (non-hydrogen) atoms. The van der Waals surface area contributed by atoms with Crippen molar-refractivity contribution in [2.75, 3.05) is 33.4 Å². The number of nitrogens with zero attached hydrogens (tertiary/aromatic N) is 3. The first-order valence-electron chi connectivity index (χ1n) is 11.2. The van der Waals surface area contributed by atoms with Crippen LogP contribution >= 0.6 is 11.3 Å². The maximum Gasteiger partial charge on any atom is 0.273 e. The molecule has 1 aromatic rings. The minimum Gasteiger partial charge on any atom is -0.383 e. The van der Waals surface area contributed by atoms with Crippen LogP contribution in [0.4, 0.5) is 0 Å². The van der Waals surface area contributed by atoms with E-state index in [9.17, 15) is 9.59 Å². The maximum absolute atomic E-state index is 12.9. The lowest BCUT2D eigenvalue weighted by Gasteiger charge is -2.34. The number of ether oxygens (including phenoxy) is 1. The number of thiazole rings is 1. The molecule has 1 unspecified atom stereocenters. The summed E-state index contributed by atoms with van der Waals surface area (Å²) in [5.41, 5.74) is 0.578. The Kier molecular flexibility index (Phi) is 6.85. The lowest BCUT2D eigenvalue weighted by molar-refractivity contribution is -0.137. The molecule has 6 nitrogen and oxygen atoms in total. The summed E-state index contributed by atoms with van der Waals surface area (Å²) in [6.45, 7) is 3.04. The zero-order valence-electron chi connectivity index (χ0n) is 17.5. The molecule has 4 rings (SSSR count). The highest BCUT2D eigenvalue weighted by molar-refractivity contribution is 7.09. The number of carbonyl (C=O) groups excluding carboxylic acids is 2. The first-order valence-corrected chi connectivity index (χ1v) is 12.1. The molecule has 1 aromatic heterocycles. The van der Waals surface area contributed by atoms with Gasteiger partial charge in [-0.2, -0.15) is 0 Å². The summed E-state index contributed by atoms with van der Waals surface area (Å²) in [7, 11) is 1.69. The van der Waals surface area contributed by atoms with Crippen LogP contribution in [0.15, 0.2) is 5.38 Å². The van der Waals surface area contributed by atoms with Crippen LogP contribution in [0.5, 0.6) is 0 Å². The average molecular weight is 420 g/mol. The summed E-state index contributed by atoms with van der Waals surface area (Å²) >= 11 is 1.60. The maximum atomic E-state index is 12.9. The number of hydrogen-bond donors (Lipinski definition) is 0. The van der Waals surface area contributed by atoms with Crippen LogP contribution < -0.4 is 0 Å². The summed E-state index contributed by atoms with van der Waals surface area (Å²) in [5, 5.41) is 2.97. The number of likely N-dealkylation sites (tertiary alicyclic amines) is 2. The van der Waals surface area contributed by atoms with E-state index in [4.69, 9.17) is 9.72 Å². The Balaban J connectivity index is 1.32. The van der Waals surface area contributed by atoms with Crippen molar-refractivity contribution in [2.45, 2.75) is 69.7 Å². The molecule has 0 spiro atoms. The lowest BCUT2D eigenvalue weighted by Crippen LogP contribution is -2.41. The van der Waals surface area contributed by atoms with E-state index in [2.05, 4.69) is 4.90 Å². The second-order valence-electron chi connectivity index (χ2n) is 8.76. The number of carbonyl (C=O) groups is 2. The molecule has 2 amide bonds. The van der Waals surface area contributed by atoms with E-state index in [0.29, 0.717) is 24.1 Å². The molecule has 160 valence electrons. The van der Waals surface area contributed by atoms with Crippen molar-refractivity contribution in [3.05, 3.63) is 16.1 Å². The summed E-state index contributed by atoms with van der Waals surface area (Å²) in [5.74, 6) is 1.03. The SMILES string of the molecule is COCC1CCCN1C(=O)c1csc(C2CCN(C(=O)C3CCCCC3)CC2)n1. The normalized spacial score (nSPS) is 24.2. The summed E-state index contributed by atoms with van der Waals surface area (Å²) in [6, 6.07) is 0.173. The molecule has 1 saturated carbocycles. The molecule has 2 aliphatic heterocycles. The van der Waals surface area contributed by atoms with E-state index in [-0.39, 0.29) is 17.9 Å². The molecule has 0 N–H and O–H groups in total.